The van der Waals surface area contributed by atoms with Crippen LogP contribution in [0.4, 0.5) is 8.78 Å². The number of piperidine rings is 1. The standard InChI is InChI=1S/C30H32F2N2O/c1-22-5-2-3-6-23(22)7-4-16-34-28-19-29(34)21-33(20-28)17-18-35-30(24-8-12-26(31)13-9-24)25-10-14-27(32)15-11-25/h2-15,28-30H,16-21H2,1H3/b7-4+. The van der Waals surface area contributed by atoms with Crippen molar-refractivity contribution in [2.75, 3.05) is 32.8 Å². The molecule has 0 aliphatic carbocycles. The molecule has 0 saturated carbocycles. The maximum atomic E-state index is 13.4. The van der Waals surface area contributed by atoms with Crippen molar-refractivity contribution in [3.8, 4) is 0 Å². The molecule has 6 rings (SSSR count). The molecule has 0 N–H and O–H groups in total. The summed E-state index contributed by atoms with van der Waals surface area (Å²) in [7, 11) is 0. The summed E-state index contributed by atoms with van der Waals surface area (Å²) >= 11 is 0. The van der Waals surface area contributed by atoms with E-state index in [-0.39, 0.29) is 17.7 Å². The summed E-state index contributed by atoms with van der Waals surface area (Å²) in [5.41, 5.74) is 4.32. The molecule has 3 heterocycles. The molecule has 0 amide bonds. The van der Waals surface area contributed by atoms with Gasteiger partial charge in [0.05, 0.1) is 6.61 Å². The lowest BCUT2D eigenvalue weighted by molar-refractivity contribution is -0.0692. The second-order valence-corrected chi connectivity index (χ2v) is 9.61. The van der Waals surface area contributed by atoms with Crippen LogP contribution in [0.2, 0.25) is 0 Å². The first kappa shape index (κ1) is 23.9. The van der Waals surface area contributed by atoms with Crippen LogP contribution in [0, 0.1) is 18.6 Å². The van der Waals surface area contributed by atoms with Crippen molar-refractivity contribution < 1.29 is 13.5 Å². The first-order valence-electron chi connectivity index (χ1n) is 12.4. The summed E-state index contributed by atoms with van der Waals surface area (Å²) in [5, 5.41) is 0. The van der Waals surface area contributed by atoms with Crippen molar-refractivity contribution >= 4 is 6.08 Å². The van der Waals surface area contributed by atoms with E-state index in [9.17, 15) is 8.78 Å². The van der Waals surface area contributed by atoms with Crippen molar-refractivity contribution in [3.63, 3.8) is 0 Å². The first-order chi connectivity index (χ1) is 17.1. The molecule has 3 saturated heterocycles. The molecule has 2 atom stereocenters. The van der Waals surface area contributed by atoms with Gasteiger partial charge in [0.15, 0.2) is 0 Å². The van der Waals surface area contributed by atoms with Gasteiger partial charge in [-0.2, -0.15) is 0 Å². The van der Waals surface area contributed by atoms with Gasteiger partial charge >= 0.3 is 0 Å². The fourth-order valence-corrected chi connectivity index (χ4v) is 5.29. The maximum absolute atomic E-state index is 13.4. The summed E-state index contributed by atoms with van der Waals surface area (Å²) < 4.78 is 33.2. The zero-order chi connectivity index (χ0) is 24.2. The van der Waals surface area contributed by atoms with Crippen LogP contribution in [-0.2, 0) is 4.74 Å². The van der Waals surface area contributed by atoms with E-state index < -0.39 is 0 Å². The predicted molar refractivity (Wildman–Crippen MR) is 136 cm³/mol. The Balaban J connectivity index is 1.13. The number of aryl methyl sites for hydroxylation is 1. The van der Waals surface area contributed by atoms with Crippen LogP contribution in [0.3, 0.4) is 0 Å². The van der Waals surface area contributed by atoms with Crippen molar-refractivity contribution in [2.24, 2.45) is 0 Å². The van der Waals surface area contributed by atoms with E-state index >= 15 is 0 Å². The van der Waals surface area contributed by atoms with Crippen LogP contribution in [0.25, 0.3) is 6.08 Å². The number of rotatable bonds is 9. The van der Waals surface area contributed by atoms with E-state index in [4.69, 9.17) is 4.74 Å². The fourth-order valence-electron chi connectivity index (χ4n) is 5.29. The summed E-state index contributed by atoms with van der Waals surface area (Å²) in [6, 6.07) is 22.4. The van der Waals surface area contributed by atoms with Gasteiger partial charge in [0, 0.05) is 38.3 Å². The highest BCUT2D eigenvalue weighted by Crippen LogP contribution is 2.32. The SMILES string of the molecule is Cc1ccccc1/C=C/CN1C2CC1CN(CCOC(c1ccc(F)cc1)c1ccc(F)cc1)C2. The zero-order valence-corrected chi connectivity index (χ0v) is 20.1. The van der Waals surface area contributed by atoms with Gasteiger partial charge < -0.3 is 4.74 Å². The minimum absolute atomic E-state index is 0.280. The molecule has 3 aromatic carbocycles. The van der Waals surface area contributed by atoms with E-state index in [1.54, 1.807) is 24.3 Å². The van der Waals surface area contributed by atoms with Gasteiger partial charge in [-0.25, -0.2) is 8.78 Å². The topological polar surface area (TPSA) is 15.7 Å². The Labute approximate surface area is 206 Å². The Hall–Kier alpha value is -2.86. The number of piperazine rings is 1. The van der Waals surface area contributed by atoms with Crippen molar-refractivity contribution in [1.82, 2.24) is 9.80 Å². The second-order valence-electron chi connectivity index (χ2n) is 9.61. The number of hydrogen-bond donors (Lipinski definition) is 0. The molecule has 0 aromatic heterocycles. The highest BCUT2D eigenvalue weighted by atomic mass is 19.1. The molecule has 35 heavy (non-hydrogen) atoms. The molecule has 3 nitrogen and oxygen atoms in total. The fraction of sp³-hybridized carbons (Fsp3) is 0.333. The molecule has 3 fully saturated rings. The Morgan fingerprint density at radius 2 is 1.49 bits per heavy atom. The molecular formula is C30H32F2N2O. The minimum Gasteiger partial charge on any atom is -0.367 e. The van der Waals surface area contributed by atoms with E-state index in [0.717, 1.165) is 37.3 Å². The minimum atomic E-state index is -0.349. The van der Waals surface area contributed by atoms with Crippen LogP contribution < -0.4 is 0 Å². The Morgan fingerprint density at radius 3 is 2.09 bits per heavy atom. The molecule has 0 radical (unpaired) electrons. The van der Waals surface area contributed by atoms with E-state index in [0.29, 0.717) is 18.7 Å². The third-order valence-corrected chi connectivity index (χ3v) is 7.26. The van der Waals surface area contributed by atoms with Crippen molar-refractivity contribution in [2.45, 2.75) is 31.5 Å². The molecule has 3 aliphatic rings. The summed E-state index contributed by atoms with van der Waals surface area (Å²) in [5.74, 6) is -0.560. The number of ether oxygens (including phenoxy) is 1. The van der Waals surface area contributed by atoms with Gasteiger partial charge in [0.2, 0.25) is 0 Å². The molecule has 5 heteroatoms. The molecule has 2 bridgehead atoms. The third-order valence-electron chi connectivity index (χ3n) is 7.26. The maximum Gasteiger partial charge on any atom is 0.123 e. The van der Waals surface area contributed by atoms with E-state index in [1.165, 1.54) is 41.8 Å². The highest BCUT2D eigenvalue weighted by molar-refractivity contribution is 5.53. The predicted octanol–water partition coefficient (Wildman–Crippen LogP) is 5.85. The Morgan fingerprint density at radius 1 is 0.886 bits per heavy atom. The number of halogens is 2. The van der Waals surface area contributed by atoms with Crippen molar-refractivity contribution in [1.29, 1.82) is 0 Å². The largest absolute Gasteiger partial charge is 0.367 e. The average molecular weight is 475 g/mol. The van der Waals surface area contributed by atoms with Crippen LogP contribution in [0.1, 0.15) is 34.8 Å². The molecule has 3 aliphatic heterocycles. The lowest BCUT2D eigenvalue weighted by Crippen LogP contribution is -2.68. The van der Waals surface area contributed by atoms with Gasteiger partial charge in [-0.1, -0.05) is 60.7 Å². The zero-order valence-electron chi connectivity index (χ0n) is 20.1. The molecule has 3 aromatic rings. The van der Waals surface area contributed by atoms with Gasteiger partial charge in [0.1, 0.15) is 17.7 Å². The average Bonchev–Trinajstić information content (AvgIpc) is 2.87. The van der Waals surface area contributed by atoms with Crippen molar-refractivity contribution in [3.05, 3.63) is 113 Å². The van der Waals surface area contributed by atoms with E-state index in [1.807, 2.05) is 0 Å². The van der Waals surface area contributed by atoms with Crippen LogP contribution in [-0.4, -0.2) is 54.7 Å². The monoisotopic (exact) mass is 474 g/mol. The van der Waals surface area contributed by atoms with Crippen LogP contribution >= 0.6 is 0 Å². The van der Waals surface area contributed by atoms with Gasteiger partial charge in [-0.05, 0) is 59.9 Å². The summed E-state index contributed by atoms with van der Waals surface area (Å²) in [6.45, 7) is 6.65. The Kier molecular flexibility index (Phi) is 7.37. The number of fused-ring (bicyclic) bond motifs is 2. The molecule has 0 spiro atoms. The summed E-state index contributed by atoms with van der Waals surface area (Å²) in [4.78, 5) is 5.08. The number of hydrogen-bond acceptors (Lipinski definition) is 3. The van der Waals surface area contributed by atoms with Crippen LogP contribution in [0.5, 0.6) is 0 Å². The lowest BCUT2D eigenvalue weighted by atomic mass is 9.87. The molecular weight excluding hydrogens is 442 g/mol. The highest BCUT2D eigenvalue weighted by Gasteiger charge is 2.43. The number of nitrogens with zero attached hydrogens (tertiary/aromatic N) is 2. The normalized spacial score (nSPS) is 20.5. The van der Waals surface area contributed by atoms with Crippen LogP contribution in [0.15, 0.2) is 78.9 Å². The van der Waals surface area contributed by atoms with Gasteiger partial charge in [-0.15, -0.1) is 0 Å². The van der Waals surface area contributed by atoms with Gasteiger partial charge in [-0.3, -0.25) is 9.80 Å². The Bertz CT molecular complexity index is 1090. The quantitative estimate of drug-likeness (QED) is 0.387. The van der Waals surface area contributed by atoms with E-state index in [2.05, 4.69) is 53.1 Å². The molecule has 2 unspecified atom stereocenters. The summed E-state index contributed by atoms with van der Waals surface area (Å²) in [6.07, 6.45) is 5.44. The third kappa shape index (κ3) is 5.69. The van der Waals surface area contributed by atoms with Gasteiger partial charge in [0.25, 0.3) is 0 Å². The number of benzene rings is 3. The second kappa shape index (κ2) is 10.8. The lowest BCUT2D eigenvalue weighted by Gasteiger charge is -2.56. The molecule has 182 valence electrons. The smallest absolute Gasteiger partial charge is 0.123 e. The first-order valence-corrected chi connectivity index (χ1v) is 12.4.